The van der Waals surface area contributed by atoms with Crippen LogP contribution in [-0.2, 0) is 6.54 Å². The molecule has 0 spiro atoms. The van der Waals surface area contributed by atoms with Gasteiger partial charge in [-0.3, -0.25) is 14.5 Å². The topological polar surface area (TPSA) is 71.1 Å². The van der Waals surface area contributed by atoms with Crippen molar-refractivity contribution in [2.45, 2.75) is 6.54 Å². The van der Waals surface area contributed by atoms with Crippen molar-refractivity contribution in [3.05, 3.63) is 89.5 Å². The van der Waals surface area contributed by atoms with Crippen LogP contribution in [0.15, 0.2) is 72.8 Å². The molecule has 2 aliphatic heterocycles. The first kappa shape index (κ1) is 21.0. The SMILES string of the molecule is O=C(Nc1ccc(C(=O)N2CCN(Cc3ccc4c(c3)OCO4)CC2)cc1)c1ccccc1. The van der Waals surface area contributed by atoms with E-state index in [4.69, 9.17) is 9.47 Å². The summed E-state index contributed by atoms with van der Waals surface area (Å²) in [5, 5.41) is 2.86. The highest BCUT2D eigenvalue weighted by Crippen LogP contribution is 2.32. The number of amides is 2. The Hall–Kier alpha value is -3.84. The van der Waals surface area contributed by atoms with Crippen molar-refractivity contribution < 1.29 is 19.1 Å². The molecule has 0 bridgehead atoms. The lowest BCUT2D eigenvalue weighted by Crippen LogP contribution is -2.48. The predicted molar refractivity (Wildman–Crippen MR) is 125 cm³/mol. The summed E-state index contributed by atoms with van der Waals surface area (Å²) >= 11 is 0. The maximum Gasteiger partial charge on any atom is 0.255 e. The van der Waals surface area contributed by atoms with Crippen LogP contribution < -0.4 is 14.8 Å². The first-order valence-electron chi connectivity index (χ1n) is 11.0. The summed E-state index contributed by atoms with van der Waals surface area (Å²) in [4.78, 5) is 29.5. The fourth-order valence-electron chi connectivity index (χ4n) is 4.08. The van der Waals surface area contributed by atoms with E-state index in [9.17, 15) is 9.59 Å². The third-order valence-corrected chi connectivity index (χ3v) is 5.93. The maximum absolute atomic E-state index is 12.9. The smallest absolute Gasteiger partial charge is 0.255 e. The lowest BCUT2D eigenvalue weighted by Gasteiger charge is -2.34. The normalized spacial score (nSPS) is 15.3. The molecule has 7 heteroatoms. The first-order valence-corrected chi connectivity index (χ1v) is 11.0. The van der Waals surface area contributed by atoms with E-state index in [-0.39, 0.29) is 18.6 Å². The Balaban J connectivity index is 1.13. The highest BCUT2D eigenvalue weighted by Gasteiger charge is 2.23. The van der Waals surface area contributed by atoms with Crippen molar-refractivity contribution in [1.82, 2.24) is 9.80 Å². The molecule has 3 aromatic carbocycles. The van der Waals surface area contributed by atoms with E-state index in [1.165, 1.54) is 5.56 Å². The number of ether oxygens (including phenoxy) is 2. The predicted octanol–water partition coefficient (Wildman–Crippen LogP) is 3.63. The van der Waals surface area contributed by atoms with Gasteiger partial charge in [0.15, 0.2) is 11.5 Å². The summed E-state index contributed by atoms with van der Waals surface area (Å²) in [7, 11) is 0. The molecule has 168 valence electrons. The van der Waals surface area contributed by atoms with Gasteiger partial charge >= 0.3 is 0 Å². The van der Waals surface area contributed by atoms with Gasteiger partial charge in [0.1, 0.15) is 0 Å². The van der Waals surface area contributed by atoms with Crippen LogP contribution in [0.4, 0.5) is 5.69 Å². The first-order chi connectivity index (χ1) is 16.2. The molecule has 0 atom stereocenters. The third-order valence-electron chi connectivity index (χ3n) is 5.93. The van der Waals surface area contributed by atoms with Gasteiger partial charge in [-0.05, 0) is 54.1 Å². The maximum atomic E-state index is 12.9. The van der Waals surface area contributed by atoms with Crippen molar-refractivity contribution >= 4 is 17.5 Å². The lowest BCUT2D eigenvalue weighted by molar-refractivity contribution is 0.0628. The van der Waals surface area contributed by atoms with Gasteiger partial charge in [0.2, 0.25) is 6.79 Å². The molecule has 1 fully saturated rings. The number of rotatable bonds is 5. The molecule has 0 radical (unpaired) electrons. The molecule has 1 N–H and O–H groups in total. The summed E-state index contributed by atoms with van der Waals surface area (Å²) in [6, 6.07) is 22.1. The van der Waals surface area contributed by atoms with Gasteiger partial charge in [-0.1, -0.05) is 24.3 Å². The Labute approximate surface area is 192 Å². The van der Waals surface area contributed by atoms with Crippen LogP contribution in [0.25, 0.3) is 0 Å². The van der Waals surface area contributed by atoms with Gasteiger partial charge in [-0.2, -0.15) is 0 Å². The van der Waals surface area contributed by atoms with E-state index in [0.29, 0.717) is 29.9 Å². The molecule has 7 nitrogen and oxygen atoms in total. The monoisotopic (exact) mass is 443 g/mol. The summed E-state index contributed by atoms with van der Waals surface area (Å²) in [5.41, 5.74) is 3.05. The summed E-state index contributed by atoms with van der Waals surface area (Å²) in [6.45, 7) is 4.07. The molecule has 0 unspecified atom stereocenters. The fourth-order valence-corrected chi connectivity index (χ4v) is 4.08. The van der Waals surface area contributed by atoms with Gasteiger partial charge in [0.25, 0.3) is 11.8 Å². The third kappa shape index (κ3) is 4.83. The van der Waals surface area contributed by atoms with Crippen LogP contribution in [0.5, 0.6) is 11.5 Å². The Morgan fingerprint density at radius 2 is 1.52 bits per heavy atom. The Morgan fingerprint density at radius 3 is 2.27 bits per heavy atom. The molecule has 33 heavy (non-hydrogen) atoms. The van der Waals surface area contributed by atoms with E-state index in [2.05, 4.69) is 16.3 Å². The molecular formula is C26H25N3O4. The zero-order chi connectivity index (χ0) is 22.6. The van der Waals surface area contributed by atoms with E-state index in [1.54, 1.807) is 36.4 Å². The molecular weight excluding hydrogens is 418 g/mol. The summed E-state index contributed by atoms with van der Waals surface area (Å²) in [6.07, 6.45) is 0. The zero-order valence-electron chi connectivity index (χ0n) is 18.2. The minimum Gasteiger partial charge on any atom is -0.454 e. The molecule has 2 amide bonds. The standard InChI is InChI=1S/C26H25N3O4/c30-25(20-4-2-1-3-5-20)27-22-9-7-21(8-10-22)26(31)29-14-12-28(13-15-29)17-19-6-11-23-24(16-19)33-18-32-23/h1-11,16H,12-15,17-18H2,(H,27,30). The highest BCUT2D eigenvalue weighted by atomic mass is 16.7. The van der Waals surface area contributed by atoms with Gasteiger partial charge < -0.3 is 19.7 Å². The molecule has 2 heterocycles. The number of benzene rings is 3. The van der Waals surface area contributed by atoms with Crippen LogP contribution in [0, 0.1) is 0 Å². The number of carbonyl (C=O) groups excluding carboxylic acids is 2. The minimum absolute atomic E-state index is 0.0127. The molecule has 1 saturated heterocycles. The Morgan fingerprint density at radius 1 is 0.788 bits per heavy atom. The van der Waals surface area contributed by atoms with E-state index >= 15 is 0 Å². The molecule has 0 aliphatic carbocycles. The number of hydrogen-bond acceptors (Lipinski definition) is 5. The van der Waals surface area contributed by atoms with Crippen LogP contribution in [0.3, 0.4) is 0 Å². The number of nitrogens with zero attached hydrogens (tertiary/aromatic N) is 2. The summed E-state index contributed by atoms with van der Waals surface area (Å²) < 4.78 is 10.8. The lowest BCUT2D eigenvalue weighted by atomic mass is 10.1. The minimum atomic E-state index is -0.173. The number of fused-ring (bicyclic) bond motifs is 1. The van der Waals surface area contributed by atoms with Crippen molar-refractivity contribution in [3.8, 4) is 11.5 Å². The van der Waals surface area contributed by atoms with Gasteiger partial charge in [0.05, 0.1) is 0 Å². The Bertz CT molecular complexity index is 1140. The van der Waals surface area contributed by atoms with Crippen molar-refractivity contribution in [1.29, 1.82) is 0 Å². The largest absolute Gasteiger partial charge is 0.454 e. The number of piperazine rings is 1. The zero-order valence-corrected chi connectivity index (χ0v) is 18.2. The molecule has 0 saturated carbocycles. The van der Waals surface area contributed by atoms with Crippen LogP contribution in [-0.4, -0.2) is 54.6 Å². The second-order valence-corrected chi connectivity index (χ2v) is 8.15. The molecule has 5 rings (SSSR count). The number of anilines is 1. The average Bonchev–Trinajstić information content (AvgIpc) is 3.33. The molecule has 2 aliphatic rings. The highest BCUT2D eigenvalue weighted by molar-refractivity contribution is 6.04. The van der Waals surface area contributed by atoms with Gasteiger partial charge in [0, 0.05) is 49.5 Å². The van der Waals surface area contributed by atoms with E-state index in [0.717, 1.165) is 31.1 Å². The number of hydrogen-bond donors (Lipinski definition) is 1. The second kappa shape index (κ2) is 9.34. The van der Waals surface area contributed by atoms with Crippen LogP contribution in [0.2, 0.25) is 0 Å². The van der Waals surface area contributed by atoms with Crippen molar-refractivity contribution in [3.63, 3.8) is 0 Å². The Kier molecular flexibility index (Phi) is 5.95. The van der Waals surface area contributed by atoms with Gasteiger partial charge in [-0.25, -0.2) is 0 Å². The van der Waals surface area contributed by atoms with Crippen LogP contribution in [0.1, 0.15) is 26.3 Å². The summed E-state index contributed by atoms with van der Waals surface area (Å²) in [5.74, 6) is 1.43. The van der Waals surface area contributed by atoms with E-state index in [1.807, 2.05) is 35.2 Å². The number of carbonyl (C=O) groups is 2. The van der Waals surface area contributed by atoms with Crippen LogP contribution >= 0.6 is 0 Å². The number of nitrogens with one attached hydrogen (secondary N) is 1. The fraction of sp³-hybridized carbons (Fsp3) is 0.231. The van der Waals surface area contributed by atoms with E-state index < -0.39 is 0 Å². The van der Waals surface area contributed by atoms with Crippen molar-refractivity contribution in [2.24, 2.45) is 0 Å². The van der Waals surface area contributed by atoms with Gasteiger partial charge in [-0.15, -0.1) is 0 Å². The molecule has 0 aromatic heterocycles. The second-order valence-electron chi connectivity index (χ2n) is 8.15. The quantitative estimate of drug-likeness (QED) is 0.652. The van der Waals surface area contributed by atoms with Crippen molar-refractivity contribution in [2.75, 3.05) is 38.3 Å². The molecule has 3 aromatic rings. The average molecular weight is 444 g/mol.